The van der Waals surface area contributed by atoms with Gasteiger partial charge < -0.3 is 9.47 Å². The maximum Gasteiger partial charge on any atom is 0.185 e. The van der Waals surface area contributed by atoms with Crippen LogP contribution in [0.5, 0.6) is 5.75 Å². The molecule has 0 saturated carbocycles. The number of nitrogens with zero attached hydrogens (tertiary/aromatic N) is 2. The number of para-hydroxylation sites is 1. The van der Waals surface area contributed by atoms with E-state index < -0.39 is 8.07 Å². The van der Waals surface area contributed by atoms with Crippen LogP contribution in [-0.2, 0) is 11.5 Å². The molecule has 0 aliphatic carbocycles. The fourth-order valence-corrected chi connectivity index (χ4v) is 2.98. The highest BCUT2D eigenvalue weighted by Gasteiger charge is 2.16. The van der Waals surface area contributed by atoms with Crippen molar-refractivity contribution < 1.29 is 14.3 Å². The molecule has 23 heavy (non-hydrogen) atoms. The Morgan fingerprint density at radius 1 is 1.26 bits per heavy atom. The molecule has 0 radical (unpaired) electrons. The molecule has 2 aromatic rings. The van der Waals surface area contributed by atoms with Gasteiger partial charge in [0.25, 0.3) is 0 Å². The number of aromatic nitrogens is 2. The van der Waals surface area contributed by atoms with Crippen LogP contribution in [0.2, 0.25) is 25.7 Å². The maximum absolute atomic E-state index is 11.3. The molecule has 5 nitrogen and oxygen atoms in total. The lowest BCUT2D eigenvalue weighted by atomic mass is 10.1. The third kappa shape index (κ3) is 4.53. The predicted octanol–water partition coefficient (Wildman–Crippen LogP) is 3.68. The third-order valence-corrected chi connectivity index (χ3v) is 5.30. The lowest BCUT2D eigenvalue weighted by Gasteiger charge is -2.17. The highest BCUT2D eigenvalue weighted by Crippen LogP contribution is 2.30. The molecule has 0 unspecified atom stereocenters. The van der Waals surface area contributed by atoms with Crippen LogP contribution in [0.1, 0.15) is 10.6 Å². The number of benzene rings is 1. The first-order chi connectivity index (χ1) is 11.0. The number of ether oxygens (including phenoxy) is 2. The standard InChI is InChI=1S/C17H24N2O3Si/c1-21-16-8-6-5-7-14(16)15-11-18-17(12-20)19(15)13-22-9-10-23(2,3)4/h5-8,11-12H,9-10,13H2,1-4H3. The molecule has 0 saturated heterocycles. The highest BCUT2D eigenvalue weighted by molar-refractivity contribution is 6.76. The summed E-state index contributed by atoms with van der Waals surface area (Å²) in [5.41, 5.74) is 1.71. The van der Waals surface area contributed by atoms with E-state index in [1.54, 1.807) is 17.9 Å². The summed E-state index contributed by atoms with van der Waals surface area (Å²) in [6.45, 7) is 7.93. The minimum absolute atomic E-state index is 0.311. The molecule has 2 rings (SSSR count). The number of methoxy groups -OCH3 is 1. The normalized spacial score (nSPS) is 11.5. The molecule has 0 fully saturated rings. The lowest BCUT2D eigenvalue weighted by Crippen LogP contribution is -2.22. The van der Waals surface area contributed by atoms with Crippen molar-refractivity contribution in [2.24, 2.45) is 0 Å². The van der Waals surface area contributed by atoms with Gasteiger partial charge in [-0.05, 0) is 18.2 Å². The van der Waals surface area contributed by atoms with Crippen molar-refractivity contribution in [3.63, 3.8) is 0 Å². The van der Waals surface area contributed by atoms with E-state index in [4.69, 9.17) is 9.47 Å². The first kappa shape index (κ1) is 17.4. The van der Waals surface area contributed by atoms with Crippen LogP contribution in [0.4, 0.5) is 0 Å². The van der Waals surface area contributed by atoms with E-state index in [1.165, 1.54) is 0 Å². The first-order valence-electron chi connectivity index (χ1n) is 7.68. The molecule has 6 heteroatoms. The second kappa shape index (κ2) is 7.57. The second-order valence-corrected chi connectivity index (χ2v) is 12.2. The molecule has 0 atom stereocenters. The van der Waals surface area contributed by atoms with E-state index in [-0.39, 0.29) is 0 Å². The average molecular weight is 332 g/mol. The van der Waals surface area contributed by atoms with Gasteiger partial charge in [0.05, 0.1) is 19.0 Å². The van der Waals surface area contributed by atoms with Gasteiger partial charge in [0.1, 0.15) is 12.5 Å². The molecule has 0 aliphatic heterocycles. The molecule has 0 aliphatic rings. The second-order valence-electron chi connectivity index (χ2n) is 6.60. The van der Waals surface area contributed by atoms with Crippen molar-refractivity contribution in [1.29, 1.82) is 0 Å². The minimum atomic E-state index is -1.13. The molecule has 1 aromatic heterocycles. The summed E-state index contributed by atoms with van der Waals surface area (Å²) in [7, 11) is 0.497. The topological polar surface area (TPSA) is 53.3 Å². The van der Waals surface area contributed by atoms with E-state index in [2.05, 4.69) is 24.6 Å². The quantitative estimate of drug-likeness (QED) is 0.420. The zero-order valence-corrected chi connectivity index (χ0v) is 15.2. The van der Waals surface area contributed by atoms with Crippen LogP contribution >= 0.6 is 0 Å². The molecular formula is C17H24N2O3Si. The van der Waals surface area contributed by atoms with Gasteiger partial charge in [-0.3, -0.25) is 9.36 Å². The largest absolute Gasteiger partial charge is 0.496 e. The highest BCUT2D eigenvalue weighted by atomic mass is 28.3. The first-order valence-corrected chi connectivity index (χ1v) is 11.4. The average Bonchev–Trinajstić information content (AvgIpc) is 2.93. The number of carbonyl (C=O) groups excluding carboxylic acids is 1. The number of hydrogen-bond acceptors (Lipinski definition) is 4. The summed E-state index contributed by atoms with van der Waals surface area (Å²) < 4.78 is 13.0. The number of imidazole rings is 1. The predicted molar refractivity (Wildman–Crippen MR) is 93.7 cm³/mol. The van der Waals surface area contributed by atoms with Crippen LogP contribution in [0.25, 0.3) is 11.3 Å². The maximum atomic E-state index is 11.3. The van der Waals surface area contributed by atoms with Crippen LogP contribution in [0, 0.1) is 0 Å². The van der Waals surface area contributed by atoms with E-state index in [0.717, 1.165) is 29.3 Å². The van der Waals surface area contributed by atoms with Crippen molar-refractivity contribution in [2.45, 2.75) is 32.4 Å². The van der Waals surface area contributed by atoms with Gasteiger partial charge in [-0.2, -0.15) is 0 Å². The molecular weight excluding hydrogens is 308 g/mol. The zero-order valence-electron chi connectivity index (χ0n) is 14.2. The molecule has 0 spiro atoms. The fourth-order valence-electron chi connectivity index (χ4n) is 2.23. The van der Waals surface area contributed by atoms with Crippen LogP contribution in [0.15, 0.2) is 30.5 Å². The SMILES string of the molecule is COc1ccccc1-c1cnc(C=O)n1COCC[Si](C)(C)C. The number of aldehydes is 1. The van der Waals surface area contributed by atoms with Crippen LogP contribution < -0.4 is 4.74 Å². The Hall–Kier alpha value is -1.92. The van der Waals surface area contributed by atoms with E-state index >= 15 is 0 Å². The van der Waals surface area contributed by atoms with Crippen molar-refractivity contribution in [3.05, 3.63) is 36.3 Å². The minimum Gasteiger partial charge on any atom is -0.496 e. The molecule has 0 N–H and O–H groups in total. The monoisotopic (exact) mass is 332 g/mol. The van der Waals surface area contributed by atoms with Gasteiger partial charge in [0.15, 0.2) is 12.1 Å². The number of carbonyl (C=O) groups is 1. The Kier molecular flexibility index (Phi) is 5.73. The van der Waals surface area contributed by atoms with Gasteiger partial charge in [0.2, 0.25) is 0 Å². The van der Waals surface area contributed by atoms with E-state index in [9.17, 15) is 4.79 Å². The summed E-state index contributed by atoms with van der Waals surface area (Å²) in [6, 6.07) is 8.76. The zero-order chi connectivity index (χ0) is 16.9. The molecule has 1 heterocycles. The number of rotatable bonds is 8. The molecule has 1 aromatic carbocycles. The Bertz CT molecular complexity index is 662. The van der Waals surface area contributed by atoms with Crippen molar-refractivity contribution in [2.75, 3.05) is 13.7 Å². The van der Waals surface area contributed by atoms with Gasteiger partial charge in [-0.15, -0.1) is 0 Å². The third-order valence-electron chi connectivity index (χ3n) is 3.59. The van der Waals surface area contributed by atoms with Crippen molar-refractivity contribution in [1.82, 2.24) is 9.55 Å². The Balaban J connectivity index is 2.22. The summed E-state index contributed by atoms with van der Waals surface area (Å²) in [6.07, 6.45) is 2.43. The summed E-state index contributed by atoms with van der Waals surface area (Å²) in [4.78, 5) is 15.4. The molecule has 124 valence electrons. The van der Waals surface area contributed by atoms with Crippen LogP contribution in [0.3, 0.4) is 0 Å². The number of hydrogen-bond donors (Lipinski definition) is 0. The van der Waals surface area contributed by atoms with Crippen LogP contribution in [-0.4, -0.2) is 37.6 Å². The van der Waals surface area contributed by atoms with Gasteiger partial charge in [-0.25, -0.2) is 4.98 Å². The van der Waals surface area contributed by atoms with Crippen molar-refractivity contribution in [3.8, 4) is 17.0 Å². The Labute approximate surface area is 138 Å². The fraction of sp³-hybridized carbons (Fsp3) is 0.412. The Morgan fingerprint density at radius 2 is 2.00 bits per heavy atom. The van der Waals surface area contributed by atoms with E-state index in [1.807, 2.05) is 24.3 Å². The Morgan fingerprint density at radius 3 is 2.65 bits per heavy atom. The summed E-state index contributed by atoms with van der Waals surface area (Å²) >= 11 is 0. The van der Waals surface area contributed by atoms with Gasteiger partial charge in [-0.1, -0.05) is 31.8 Å². The summed E-state index contributed by atoms with van der Waals surface area (Å²) in [5.74, 6) is 1.10. The van der Waals surface area contributed by atoms with Gasteiger partial charge in [0, 0.05) is 20.2 Å². The molecule has 0 amide bonds. The van der Waals surface area contributed by atoms with Gasteiger partial charge >= 0.3 is 0 Å². The van der Waals surface area contributed by atoms with Crippen molar-refractivity contribution >= 4 is 14.4 Å². The lowest BCUT2D eigenvalue weighted by molar-refractivity contribution is 0.0841. The smallest absolute Gasteiger partial charge is 0.185 e. The molecule has 0 bridgehead atoms. The van der Waals surface area contributed by atoms with E-state index in [0.29, 0.717) is 19.2 Å². The summed E-state index contributed by atoms with van der Waals surface area (Å²) in [5, 5.41) is 0.